The standard InChI is InChI=1S/C47H49N3O6S/c1-32-16-24-43(25-17-32)57(53,54)49-44(26-34-10-5-4-6-11-34)46(52)48-41-15-9-14-40(28-41)47-55-42(29-45(56-47)37-20-18-35(31-51)19-21-37)30-50(3)33(2)38-23-22-36-12-7-8-13-39(36)27-38/h4-25,27-28,33,42,44-45,47,49,51H,26,29-31H2,1-3H3,(H,48,52)/t33-,42+,44-,45-,47-/m1/s1. The molecule has 0 aliphatic carbocycles. The molecule has 294 valence electrons. The van der Waals surface area contributed by atoms with Gasteiger partial charge in [0.15, 0.2) is 6.29 Å². The number of nitrogens with one attached hydrogen (secondary N) is 2. The van der Waals surface area contributed by atoms with E-state index in [0.717, 1.165) is 22.3 Å². The molecule has 1 aliphatic rings. The van der Waals surface area contributed by atoms with Gasteiger partial charge >= 0.3 is 0 Å². The van der Waals surface area contributed by atoms with E-state index in [1.807, 2.05) is 85.8 Å². The molecule has 7 rings (SSSR count). The van der Waals surface area contributed by atoms with Gasteiger partial charge in [0, 0.05) is 30.3 Å². The van der Waals surface area contributed by atoms with Gasteiger partial charge in [0.1, 0.15) is 6.04 Å². The van der Waals surface area contributed by atoms with E-state index in [2.05, 4.69) is 65.3 Å². The Labute approximate surface area is 335 Å². The van der Waals surface area contributed by atoms with E-state index in [4.69, 9.17) is 9.47 Å². The van der Waals surface area contributed by atoms with E-state index < -0.39 is 28.3 Å². The number of sulfonamides is 1. The van der Waals surface area contributed by atoms with Gasteiger partial charge in [0.2, 0.25) is 15.9 Å². The molecule has 0 bridgehead atoms. The molecule has 0 radical (unpaired) electrons. The fourth-order valence-corrected chi connectivity index (χ4v) is 8.43. The number of likely N-dealkylation sites (N-methyl/N-ethyl adjacent to an activating group) is 1. The summed E-state index contributed by atoms with van der Waals surface area (Å²) in [6, 6.07) is 44.9. The maximum atomic E-state index is 14.0. The number of nitrogens with zero attached hydrogens (tertiary/aromatic N) is 1. The summed E-state index contributed by atoms with van der Waals surface area (Å²) in [5, 5.41) is 15.0. The smallest absolute Gasteiger partial charge is 0.242 e. The minimum Gasteiger partial charge on any atom is -0.392 e. The fraction of sp³-hybridized carbons (Fsp3) is 0.255. The SMILES string of the molecule is Cc1ccc(S(=O)(=O)N[C@H](Cc2ccccc2)C(=O)Nc2cccc([C@@H]3O[C@H](CN(C)[C@H](C)c4ccc5ccccc5c4)C[C@H](c4ccc(CO)cc4)O3)c2)cc1. The first-order chi connectivity index (χ1) is 27.5. The van der Waals surface area contributed by atoms with E-state index in [1.54, 1.807) is 18.2 Å². The second-order valence-electron chi connectivity index (χ2n) is 14.9. The molecule has 0 saturated carbocycles. The van der Waals surface area contributed by atoms with Gasteiger partial charge in [-0.25, -0.2) is 8.42 Å². The van der Waals surface area contributed by atoms with Crippen molar-refractivity contribution in [3.63, 3.8) is 0 Å². The van der Waals surface area contributed by atoms with E-state index in [1.165, 1.54) is 28.5 Å². The highest BCUT2D eigenvalue weighted by molar-refractivity contribution is 7.89. The second kappa shape index (κ2) is 17.9. The monoisotopic (exact) mass is 783 g/mol. The van der Waals surface area contributed by atoms with Gasteiger partial charge in [-0.15, -0.1) is 0 Å². The Morgan fingerprint density at radius 1 is 0.789 bits per heavy atom. The zero-order valence-corrected chi connectivity index (χ0v) is 33.2. The lowest BCUT2D eigenvalue weighted by Gasteiger charge is -2.39. The first-order valence-electron chi connectivity index (χ1n) is 19.3. The zero-order chi connectivity index (χ0) is 39.9. The van der Waals surface area contributed by atoms with Crippen LogP contribution in [0.3, 0.4) is 0 Å². The van der Waals surface area contributed by atoms with Crippen molar-refractivity contribution >= 4 is 32.4 Å². The van der Waals surface area contributed by atoms with Crippen molar-refractivity contribution in [2.45, 2.75) is 68.8 Å². The Morgan fingerprint density at radius 2 is 1.51 bits per heavy atom. The summed E-state index contributed by atoms with van der Waals surface area (Å²) >= 11 is 0. The lowest BCUT2D eigenvalue weighted by Crippen LogP contribution is -2.45. The highest BCUT2D eigenvalue weighted by Gasteiger charge is 2.34. The van der Waals surface area contributed by atoms with Crippen LogP contribution in [0.15, 0.2) is 150 Å². The summed E-state index contributed by atoms with van der Waals surface area (Å²) in [5.41, 5.74) is 5.93. The van der Waals surface area contributed by atoms with Gasteiger partial charge in [0.25, 0.3) is 0 Å². The summed E-state index contributed by atoms with van der Waals surface area (Å²) in [7, 11) is -1.91. The molecule has 3 N–H and O–H groups in total. The Balaban J connectivity index is 1.11. The van der Waals surface area contributed by atoms with Gasteiger partial charge < -0.3 is 19.9 Å². The molecule has 9 nitrogen and oxygen atoms in total. The Kier molecular flexibility index (Phi) is 12.6. The third-order valence-electron chi connectivity index (χ3n) is 10.7. The molecule has 0 spiro atoms. The minimum atomic E-state index is -4.01. The van der Waals surface area contributed by atoms with Crippen LogP contribution < -0.4 is 10.0 Å². The van der Waals surface area contributed by atoms with Crippen LogP contribution in [0, 0.1) is 6.92 Å². The molecule has 6 aromatic rings. The van der Waals surface area contributed by atoms with Crippen LogP contribution >= 0.6 is 0 Å². The first kappa shape index (κ1) is 40.0. The number of ether oxygens (including phenoxy) is 2. The van der Waals surface area contributed by atoms with E-state index in [0.29, 0.717) is 24.2 Å². The Bertz CT molecular complexity index is 2390. The molecule has 0 aromatic heterocycles. The minimum absolute atomic E-state index is 0.0459. The average molecular weight is 784 g/mol. The number of anilines is 1. The largest absolute Gasteiger partial charge is 0.392 e. The van der Waals surface area contributed by atoms with Gasteiger partial charge in [0.05, 0.1) is 23.7 Å². The zero-order valence-electron chi connectivity index (χ0n) is 32.4. The van der Waals surface area contributed by atoms with Crippen molar-refractivity contribution < 1.29 is 27.8 Å². The summed E-state index contributed by atoms with van der Waals surface area (Å²) in [6.07, 6.45) is -0.495. The number of aliphatic hydroxyl groups is 1. The third kappa shape index (κ3) is 10.0. The predicted octanol–water partition coefficient (Wildman–Crippen LogP) is 8.41. The van der Waals surface area contributed by atoms with Crippen LogP contribution in [-0.2, 0) is 37.3 Å². The third-order valence-corrected chi connectivity index (χ3v) is 12.2. The molecule has 0 unspecified atom stereocenters. The number of benzene rings is 6. The highest BCUT2D eigenvalue weighted by Crippen LogP contribution is 2.39. The van der Waals surface area contributed by atoms with Crippen molar-refractivity contribution in [1.29, 1.82) is 0 Å². The first-order valence-corrected chi connectivity index (χ1v) is 20.8. The van der Waals surface area contributed by atoms with Crippen molar-refractivity contribution in [2.75, 3.05) is 18.9 Å². The summed E-state index contributed by atoms with van der Waals surface area (Å²) in [5.74, 6) is -0.499. The number of aliphatic hydroxyl groups excluding tert-OH is 1. The molecule has 57 heavy (non-hydrogen) atoms. The van der Waals surface area contributed by atoms with Crippen LogP contribution in [0.5, 0.6) is 0 Å². The van der Waals surface area contributed by atoms with Crippen LogP contribution in [0.4, 0.5) is 5.69 Å². The number of carbonyl (C=O) groups is 1. The summed E-state index contributed by atoms with van der Waals surface area (Å²) < 4.78 is 43.0. The van der Waals surface area contributed by atoms with E-state index >= 15 is 0 Å². The normalized spacial score (nSPS) is 18.3. The Hall–Kier alpha value is -5.20. The van der Waals surface area contributed by atoms with Crippen molar-refractivity contribution in [2.24, 2.45) is 0 Å². The number of amides is 1. The molecular weight excluding hydrogens is 735 g/mol. The molecule has 1 heterocycles. The molecule has 1 fully saturated rings. The van der Waals surface area contributed by atoms with E-state index in [-0.39, 0.29) is 36.2 Å². The van der Waals surface area contributed by atoms with Gasteiger partial charge in [-0.05, 0) is 90.7 Å². The quantitative estimate of drug-likeness (QED) is 0.102. The maximum absolute atomic E-state index is 14.0. The average Bonchev–Trinajstić information content (AvgIpc) is 3.23. The molecule has 1 saturated heterocycles. The van der Waals surface area contributed by atoms with Gasteiger partial charge in [-0.3, -0.25) is 9.69 Å². The predicted molar refractivity (Wildman–Crippen MR) is 224 cm³/mol. The number of fused-ring (bicyclic) bond motifs is 1. The number of hydrogen-bond acceptors (Lipinski definition) is 7. The molecule has 1 aliphatic heterocycles. The topological polar surface area (TPSA) is 117 Å². The highest BCUT2D eigenvalue weighted by atomic mass is 32.2. The van der Waals surface area contributed by atoms with Crippen molar-refractivity contribution in [3.05, 3.63) is 179 Å². The van der Waals surface area contributed by atoms with Crippen LogP contribution in [0.25, 0.3) is 10.8 Å². The molecule has 5 atom stereocenters. The lowest BCUT2D eigenvalue weighted by atomic mass is 9.98. The van der Waals surface area contributed by atoms with Gasteiger partial charge in [-0.1, -0.05) is 121 Å². The molecule has 1 amide bonds. The van der Waals surface area contributed by atoms with Crippen molar-refractivity contribution in [1.82, 2.24) is 9.62 Å². The van der Waals surface area contributed by atoms with E-state index in [9.17, 15) is 18.3 Å². The molecule has 6 aromatic carbocycles. The lowest BCUT2D eigenvalue weighted by molar-refractivity contribution is -0.253. The van der Waals surface area contributed by atoms with Crippen molar-refractivity contribution in [3.8, 4) is 0 Å². The van der Waals surface area contributed by atoms with Crippen LogP contribution in [0.1, 0.15) is 65.2 Å². The van der Waals surface area contributed by atoms with Gasteiger partial charge in [-0.2, -0.15) is 4.72 Å². The number of rotatable bonds is 14. The maximum Gasteiger partial charge on any atom is 0.242 e. The summed E-state index contributed by atoms with van der Waals surface area (Å²) in [6.45, 7) is 4.67. The fourth-order valence-electron chi connectivity index (χ4n) is 7.24. The Morgan fingerprint density at radius 3 is 2.25 bits per heavy atom. The summed E-state index contributed by atoms with van der Waals surface area (Å²) in [4.78, 5) is 16.3. The molecule has 10 heteroatoms. The number of hydrogen-bond donors (Lipinski definition) is 3. The van der Waals surface area contributed by atoms with Crippen LogP contribution in [0.2, 0.25) is 0 Å². The second-order valence-corrected chi connectivity index (χ2v) is 16.6. The number of carbonyl (C=O) groups excluding carboxylic acids is 1. The van der Waals surface area contributed by atoms with Crippen LogP contribution in [-0.4, -0.2) is 50.1 Å². The molecular formula is C47H49N3O6S. The number of aryl methyl sites for hydroxylation is 1.